The zero-order valence-corrected chi connectivity index (χ0v) is 11.6. The standard InChI is InChI=1S/C14H18N2S/c1-14(2,3)11-6-5-7-12(10-11)16(4)13-15-8-9-17-13/h5-10H,1-4H3. The van der Waals surface area contributed by atoms with Gasteiger partial charge in [-0.05, 0) is 23.1 Å². The fourth-order valence-corrected chi connectivity index (χ4v) is 2.30. The van der Waals surface area contributed by atoms with E-state index in [-0.39, 0.29) is 5.41 Å². The summed E-state index contributed by atoms with van der Waals surface area (Å²) < 4.78 is 0. The van der Waals surface area contributed by atoms with Gasteiger partial charge in [0.1, 0.15) is 0 Å². The highest BCUT2D eigenvalue weighted by Crippen LogP contribution is 2.29. The topological polar surface area (TPSA) is 16.1 Å². The molecule has 2 aromatic rings. The molecule has 3 heteroatoms. The number of benzene rings is 1. The van der Waals surface area contributed by atoms with E-state index in [2.05, 4.69) is 62.0 Å². The van der Waals surface area contributed by atoms with Crippen LogP contribution in [-0.4, -0.2) is 12.0 Å². The second kappa shape index (κ2) is 4.49. The van der Waals surface area contributed by atoms with Crippen molar-refractivity contribution in [3.05, 3.63) is 41.4 Å². The van der Waals surface area contributed by atoms with Crippen LogP contribution >= 0.6 is 11.3 Å². The van der Waals surface area contributed by atoms with Crippen molar-refractivity contribution in [3.8, 4) is 0 Å². The van der Waals surface area contributed by atoms with Crippen LogP contribution in [0.3, 0.4) is 0 Å². The first kappa shape index (κ1) is 12.1. The molecule has 17 heavy (non-hydrogen) atoms. The van der Waals surface area contributed by atoms with Crippen LogP contribution in [0.4, 0.5) is 10.8 Å². The number of nitrogens with zero attached hydrogens (tertiary/aromatic N) is 2. The average molecular weight is 246 g/mol. The number of aromatic nitrogens is 1. The molecular weight excluding hydrogens is 228 g/mol. The number of rotatable bonds is 2. The van der Waals surface area contributed by atoms with Crippen LogP contribution in [0, 0.1) is 0 Å². The van der Waals surface area contributed by atoms with Gasteiger partial charge in [-0.15, -0.1) is 11.3 Å². The van der Waals surface area contributed by atoms with Gasteiger partial charge in [-0.3, -0.25) is 0 Å². The van der Waals surface area contributed by atoms with Crippen molar-refractivity contribution >= 4 is 22.2 Å². The Hall–Kier alpha value is -1.35. The molecule has 1 aromatic carbocycles. The minimum Gasteiger partial charge on any atom is -0.321 e. The van der Waals surface area contributed by atoms with E-state index in [0.29, 0.717) is 0 Å². The van der Waals surface area contributed by atoms with Crippen LogP contribution in [0.2, 0.25) is 0 Å². The summed E-state index contributed by atoms with van der Waals surface area (Å²) in [5.41, 5.74) is 2.71. The lowest BCUT2D eigenvalue weighted by Crippen LogP contribution is -2.14. The Bertz CT molecular complexity index is 483. The first-order valence-corrected chi connectivity index (χ1v) is 6.60. The van der Waals surface area contributed by atoms with Gasteiger partial charge < -0.3 is 4.90 Å². The van der Waals surface area contributed by atoms with Crippen LogP contribution < -0.4 is 4.90 Å². The highest BCUT2D eigenvalue weighted by Gasteiger charge is 2.15. The van der Waals surface area contributed by atoms with Crippen molar-refractivity contribution in [3.63, 3.8) is 0 Å². The second-order valence-corrected chi connectivity index (χ2v) is 6.05. The van der Waals surface area contributed by atoms with Gasteiger partial charge in [-0.25, -0.2) is 4.98 Å². The van der Waals surface area contributed by atoms with E-state index in [1.807, 2.05) is 11.6 Å². The van der Waals surface area contributed by atoms with Crippen molar-refractivity contribution in [1.29, 1.82) is 0 Å². The summed E-state index contributed by atoms with van der Waals surface area (Å²) in [6.07, 6.45) is 1.84. The first-order valence-electron chi connectivity index (χ1n) is 5.72. The monoisotopic (exact) mass is 246 g/mol. The van der Waals surface area contributed by atoms with E-state index >= 15 is 0 Å². The molecule has 0 fully saturated rings. The van der Waals surface area contributed by atoms with Gasteiger partial charge in [-0.2, -0.15) is 0 Å². The van der Waals surface area contributed by atoms with E-state index in [0.717, 1.165) is 5.13 Å². The molecule has 0 saturated heterocycles. The third-order valence-corrected chi connectivity index (χ3v) is 3.65. The lowest BCUT2D eigenvalue weighted by Gasteiger charge is -2.22. The highest BCUT2D eigenvalue weighted by atomic mass is 32.1. The molecule has 0 spiro atoms. The summed E-state index contributed by atoms with van der Waals surface area (Å²) in [4.78, 5) is 6.45. The van der Waals surface area contributed by atoms with Crippen LogP contribution in [0.15, 0.2) is 35.8 Å². The smallest absolute Gasteiger partial charge is 0.189 e. The molecule has 0 aliphatic heterocycles. The number of hydrogen-bond acceptors (Lipinski definition) is 3. The largest absolute Gasteiger partial charge is 0.321 e. The van der Waals surface area contributed by atoms with E-state index in [1.165, 1.54) is 11.3 Å². The Labute approximate surface area is 107 Å². The van der Waals surface area contributed by atoms with Gasteiger partial charge in [0, 0.05) is 24.3 Å². The maximum absolute atomic E-state index is 4.33. The normalized spacial score (nSPS) is 11.5. The Morgan fingerprint density at radius 2 is 2.00 bits per heavy atom. The van der Waals surface area contributed by atoms with Crippen LogP contribution in [-0.2, 0) is 5.41 Å². The van der Waals surface area contributed by atoms with Gasteiger partial charge in [0.15, 0.2) is 5.13 Å². The predicted molar refractivity (Wildman–Crippen MR) is 75.3 cm³/mol. The second-order valence-electron chi connectivity index (χ2n) is 5.17. The molecule has 0 N–H and O–H groups in total. The predicted octanol–water partition coefficient (Wildman–Crippen LogP) is 4.21. The molecule has 1 aromatic heterocycles. The van der Waals surface area contributed by atoms with Crippen molar-refractivity contribution in [2.75, 3.05) is 11.9 Å². The van der Waals surface area contributed by atoms with E-state index in [4.69, 9.17) is 0 Å². The Balaban J connectivity index is 2.34. The highest BCUT2D eigenvalue weighted by molar-refractivity contribution is 7.13. The first-order chi connectivity index (χ1) is 7.98. The fourth-order valence-electron chi connectivity index (χ4n) is 1.67. The SMILES string of the molecule is CN(c1cccc(C(C)(C)C)c1)c1nccs1. The summed E-state index contributed by atoms with van der Waals surface area (Å²) in [7, 11) is 2.06. The molecule has 1 heterocycles. The zero-order valence-electron chi connectivity index (χ0n) is 10.8. The van der Waals surface area contributed by atoms with Gasteiger partial charge in [0.05, 0.1) is 0 Å². The average Bonchev–Trinajstić information content (AvgIpc) is 2.80. The van der Waals surface area contributed by atoms with E-state index < -0.39 is 0 Å². The quantitative estimate of drug-likeness (QED) is 0.789. The molecule has 0 aliphatic rings. The molecule has 0 bridgehead atoms. The molecular formula is C14H18N2S. The van der Waals surface area contributed by atoms with Crippen LogP contribution in [0.5, 0.6) is 0 Å². The molecule has 2 rings (SSSR count). The van der Waals surface area contributed by atoms with Crippen molar-refractivity contribution < 1.29 is 0 Å². The maximum atomic E-state index is 4.33. The Morgan fingerprint density at radius 1 is 1.24 bits per heavy atom. The van der Waals surface area contributed by atoms with Gasteiger partial charge in [0.2, 0.25) is 0 Å². The van der Waals surface area contributed by atoms with E-state index in [9.17, 15) is 0 Å². The van der Waals surface area contributed by atoms with Crippen molar-refractivity contribution in [2.45, 2.75) is 26.2 Å². The van der Waals surface area contributed by atoms with Crippen molar-refractivity contribution in [2.24, 2.45) is 0 Å². The molecule has 0 radical (unpaired) electrons. The van der Waals surface area contributed by atoms with Crippen molar-refractivity contribution in [1.82, 2.24) is 4.98 Å². The number of thiazole rings is 1. The molecule has 0 saturated carbocycles. The third-order valence-electron chi connectivity index (χ3n) is 2.81. The molecule has 90 valence electrons. The summed E-state index contributed by atoms with van der Waals surface area (Å²) in [6.45, 7) is 6.69. The van der Waals surface area contributed by atoms with Crippen LogP contribution in [0.1, 0.15) is 26.3 Å². The third kappa shape index (κ3) is 2.67. The minimum atomic E-state index is 0.180. The molecule has 0 unspecified atom stereocenters. The van der Waals surface area contributed by atoms with Crippen LogP contribution in [0.25, 0.3) is 0 Å². The molecule has 0 amide bonds. The summed E-state index contributed by atoms with van der Waals surface area (Å²) in [6, 6.07) is 8.65. The lowest BCUT2D eigenvalue weighted by molar-refractivity contribution is 0.590. The zero-order chi connectivity index (χ0) is 12.5. The Kier molecular flexibility index (Phi) is 3.20. The molecule has 2 nitrogen and oxygen atoms in total. The Morgan fingerprint density at radius 3 is 2.59 bits per heavy atom. The van der Waals surface area contributed by atoms with Gasteiger partial charge in [-0.1, -0.05) is 32.9 Å². The molecule has 0 atom stereocenters. The summed E-state index contributed by atoms with van der Waals surface area (Å²) in [5.74, 6) is 0. The van der Waals surface area contributed by atoms with Gasteiger partial charge in [0.25, 0.3) is 0 Å². The van der Waals surface area contributed by atoms with E-state index in [1.54, 1.807) is 11.3 Å². The molecule has 0 aliphatic carbocycles. The van der Waals surface area contributed by atoms with Gasteiger partial charge >= 0.3 is 0 Å². The number of anilines is 2. The lowest BCUT2D eigenvalue weighted by atomic mass is 9.87. The fraction of sp³-hybridized carbons (Fsp3) is 0.357. The maximum Gasteiger partial charge on any atom is 0.189 e. The summed E-state index contributed by atoms with van der Waals surface area (Å²) >= 11 is 1.65. The number of hydrogen-bond donors (Lipinski definition) is 0. The summed E-state index contributed by atoms with van der Waals surface area (Å²) in [5, 5.41) is 3.02. The minimum absolute atomic E-state index is 0.180.